The lowest BCUT2D eigenvalue weighted by molar-refractivity contribution is -0.450. The summed E-state index contributed by atoms with van der Waals surface area (Å²) in [6, 6.07) is 0. The van der Waals surface area contributed by atoms with Gasteiger partial charge < -0.3 is 39.0 Å². The summed E-state index contributed by atoms with van der Waals surface area (Å²) in [5.41, 5.74) is -1.34. The van der Waals surface area contributed by atoms with E-state index < -0.39 is 64.8 Å². The van der Waals surface area contributed by atoms with Gasteiger partial charge in [-0.1, -0.05) is 25.5 Å². The minimum absolute atomic E-state index is 0.129. The summed E-state index contributed by atoms with van der Waals surface area (Å²) < 4.78 is 29.3. The Morgan fingerprint density at radius 3 is 2.60 bits per heavy atom. The highest BCUT2D eigenvalue weighted by Gasteiger charge is 2.74. The lowest BCUT2D eigenvalue weighted by Crippen LogP contribution is -2.72. The number of esters is 1. The van der Waals surface area contributed by atoms with E-state index in [2.05, 4.69) is 0 Å². The number of hydrogen-bond acceptors (Lipinski definition) is 10. The van der Waals surface area contributed by atoms with Crippen molar-refractivity contribution in [2.75, 3.05) is 13.7 Å². The SMILES string of the molecule is CO[C@@H]1C[C@@H](C)O[C@H]2O[C@@H]3C=C4CC[C@@H]5[C@H](C(=O)[C@@H](O)[C@]6(C)[C@@H](C7=CC(=O)OC7)CC[C@]56O)[C@@]4(C)C[C@H]3O[C@]21O. The van der Waals surface area contributed by atoms with Gasteiger partial charge in [0.05, 0.1) is 17.8 Å². The Kier molecular flexibility index (Phi) is 5.91. The largest absolute Gasteiger partial charge is 0.458 e. The highest BCUT2D eigenvalue weighted by atomic mass is 16.8. The van der Waals surface area contributed by atoms with E-state index >= 15 is 0 Å². The van der Waals surface area contributed by atoms with Gasteiger partial charge in [0, 0.05) is 36.4 Å². The molecule has 3 saturated carbocycles. The molecule has 13 atom stereocenters. The van der Waals surface area contributed by atoms with Crippen LogP contribution in [0, 0.1) is 28.6 Å². The second-order valence-corrected chi connectivity index (χ2v) is 13.6. The van der Waals surface area contributed by atoms with Crippen molar-refractivity contribution in [3.63, 3.8) is 0 Å². The molecule has 0 aromatic carbocycles. The van der Waals surface area contributed by atoms with Crippen molar-refractivity contribution in [1.29, 1.82) is 0 Å². The van der Waals surface area contributed by atoms with Crippen LogP contribution in [0.3, 0.4) is 0 Å². The summed E-state index contributed by atoms with van der Waals surface area (Å²) in [6.45, 7) is 5.86. The van der Waals surface area contributed by atoms with Crippen molar-refractivity contribution in [2.24, 2.45) is 28.6 Å². The highest BCUT2D eigenvalue weighted by molar-refractivity contribution is 5.90. The quantitative estimate of drug-likeness (QED) is 0.336. The van der Waals surface area contributed by atoms with Crippen molar-refractivity contribution in [3.05, 3.63) is 23.3 Å². The van der Waals surface area contributed by atoms with Crippen molar-refractivity contribution in [3.8, 4) is 0 Å². The van der Waals surface area contributed by atoms with Crippen LogP contribution in [-0.2, 0) is 33.3 Å². The predicted octanol–water partition coefficient (Wildman–Crippen LogP) is 1.55. The number of fused-ring (bicyclic) bond motifs is 7. The maximum atomic E-state index is 14.3. The number of cyclic esters (lactones) is 1. The van der Waals surface area contributed by atoms with Gasteiger partial charge in [-0.2, -0.15) is 0 Å². The molecule has 4 aliphatic carbocycles. The number of ether oxygens (including phenoxy) is 5. The molecule has 3 aliphatic heterocycles. The van der Waals surface area contributed by atoms with Gasteiger partial charge in [-0.15, -0.1) is 0 Å². The first-order chi connectivity index (χ1) is 18.9. The number of ketones is 1. The molecule has 2 saturated heterocycles. The van der Waals surface area contributed by atoms with Crippen LogP contribution in [0.4, 0.5) is 0 Å². The van der Waals surface area contributed by atoms with Crippen LogP contribution in [0.5, 0.6) is 0 Å². The average Bonchev–Trinajstić information content (AvgIpc) is 3.45. The molecule has 5 fully saturated rings. The first-order valence-corrected chi connectivity index (χ1v) is 14.6. The molecule has 10 nitrogen and oxygen atoms in total. The van der Waals surface area contributed by atoms with Crippen LogP contribution < -0.4 is 0 Å². The third kappa shape index (κ3) is 3.30. The van der Waals surface area contributed by atoms with Gasteiger partial charge in [0.1, 0.15) is 24.9 Å². The highest BCUT2D eigenvalue weighted by Crippen LogP contribution is 2.68. The van der Waals surface area contributed by atoms with E-state index in [1.807, 2.05) is 19.9 Å². The summed E-state index contributed by atoms with van der Waals surface area (Å²) in [5.74, 6) is -3.83. The van der Waals surface area contributed by atoms with Crippen molar-refractivity contribution in [1.82, 2.24) is 0 Å². The number of hydrogen-bond donors (Lipinski definition) is 3. The lowest BCUT2D eigenvalue weighted by atomic mass is 9.43. The molecule has 3 N–H and O–H groups in total. The Labute approximate surface area is 233 Å². The Morgan fingerprint density at radius 2 is 1.90 bits per heavy atom. The van der Waals surface area contributed by atoms with Crippen LogP contribution in [0.15, 0.2) is 23.3 Å². The molecular weight excluding hydrogens is 520 g/mol. The van der Waals surface area contributed by atoms with Crippen molar-refractivity contribution >= 4 is 11.8 Å². The van der Waals surface area contributed by atoms with Crippen LogP contribution in [0.25, 0.3) is 0 Å². The number of aliphatic hydroxyl groups excluding tert-OH is 1. The van der Waals surface area contributed by atoms with Gasteiger partial charge in [0.15, 0.2) is 5.78 Å². The fraction of sp³-hybridized carbons (Fsp3) is 0.800. The zero-order chi connectivity index (χ0) is 28.4. The third-order valence-corrected chi connectivity index (χ3v) is 11.9. The van der Waals surface area contributed by atoms with E-state index in [9.17, 15) is 24.9 Å². The zero-order valence-electron chi connectivity index (χ0n) is 23.5. The van der Waals surface area contributed by atoms with Gasteiger partial charge in [0.2, 0.25) is 12.1 Å². The predicted molar refractivity (Wildman–Crippen MR) is 137 cm³/mol. The van der Waals surface area contributed by atoms with Crippen LogP contribution >= 0.6 is 0 Å². The molecule has 0 spiro atoms. The molecular formula is C30H40O10. The smallest absolute Gasteiger partial charge is 0.331 e. The lowest BCUT2D eigenvalue weighted by Gasteiger charge is -2.63. The Hall–Kier alpha value is -1.66. The number of rotatable bonds is 2. The van der Waals surface area contributed by atoms with E-state index in [0.29, 0.717) is 38.5 Å². The maximum absolute atomic E-state index is 14.3. The van der Waals surface area contributed by atoms with E-state index in [1.54, 1.807) is 6.92 Å². The first kappa shape index (κ1) is 27.2. The van der Waals surface area contributed by atoms with Crippen LogP contribution in [-0.4, -0.2) is 89.0 Å². The topological polar surface area (TPSA) is 141 Å². The summed E-state index contributed by atoms with van der Waals surface area (Å²) in [7, 11) is 1.53. The minimum Gasteiger partial charge on any atom is -0.458 e. The molecule has 10 heteroatoms. The fourth-order valence-corrected chi connectivity index (χ4v) is 9.81. The number of allylic oxidation sites excluding steroid dienone is 1. The first-order valence-electron chi connectivity index (χ1n) is 14.6. The molecule has 0 aromatic heterocycles. The second kappa shape index (κ2) is 8.69. The van der Waals surface area contributed by atoms with Crippen molar-refractivity contribution < 1.29 is 48.6 Å². The van der Waals surface area contributed by atoms with Crippen LogP contribution in [0.1, 0.15) is 59.3 Å². The summed E-state index contributed by atoms with van der Waals surface area (Å²) in [5, 5.41) is 35.7. The molecule has 0 bridgehead atoms. The van der Waals surface area contributed by atoms with E-state index in [1.165, 1.54) is 13.2 Å². The Bertz CT molecular complexity index is 1200. The molecule has 7 aliphatic rings. The van der Waals surface area contributed by atoms with E-state index in [-0.39, 0.29) is 30.3 Å². The molecule has 3 heterocycles. The summed E-state index contributed by atoms with van der Waals surface area (Å²) in [4.78, 5) is 26.1. The molecule has 220 valence electrons. The summed E-state index contributed by atoms with van der Waals surface area (Å²) in [6.07, 6.45) is 2.30. The molecule has 0 unspecified atom stereocenters. The normalized spacial score (nSPS) is 55.2. The standard InChI is InChI=1S/C30H40O10/c1-14-9-21(36-4)30(35)26(38-14)39-19-11-16-5-6-18-23(27(16,2)12-20(19)40-30)24(32)25(33)28(3)17(7-8-29(18,28)34)15-10-22(31)37-13-15/h10-11,14,17-21,23,25-26,33-35H,5-9,12-13H2,1-4H3/t14-,17-,18-,19-,20-,21-,23-,25-,26+,27+,28+,29+,30+/m1/s1. The number of Topliss-reactive ketones (excluding diaryl/α,β-unsaturated/α-hetero) is 1. The number of carbonyl (C=O) groups excluding carboxylic acids is 2. The molecule has 0 aromatic rings. The molecule has 40 heavy (non-hydrogen) atoms. The maximum Gasteiger partial charge on any atom is 0.331 e. The van der Waals surface area contributed by atoms with Gasteiger partial charge in [0.25, 0.3) is 0 Å². The average molecular weight is 561 g/mol. The number of aliphatic hydroxyl groups is 3. The molecule has 0 amide bonds. The molecule has 0 radical (unpaired) electrons. The minimum atomic E-state index is -1.79. The van der Waals surface area contributed by atoms with Gasteiger partial charge in [-0.05, 0) is 56.4 Å². The van der Waals surface area contributed by atoms with Crippen molar-refractivity contribution in [2.45, 2.75) is 107 Å². The molecule has 7 rings (SSSR count). The second-order valence-electron chi connectivity index (χ2n) is 13.6. The Morgan fingerprint density at radius 1 is 1.12 bits per heavy atom. The zero-order valence-corrected chi connectivity index (χ0v) is 23.5. The van der Waals surface area contributed by atoms with E-state index in [4.69, 9.17) is 23.7 Å². The van der Waals surface area contributed by atoms with Crippen LogP contribution in [0.2, 0.25) is 0 Å². The monoisotopic (exact) mass is 560 g/mol. The number of methoxy groups -OCH3 is 1. The Balaban J connectivity index is 1.24. The number of carbonyl (C=O) groups is 2. The van der Waals surface area contributed by atoms with Gasteiger partial charge in [-0.3, -0.25) is 4.79 Å². The van der Waals surface area contributed by atoms with Gasteiger partial charge in [-0.25, -0.2) is 4.79 Å². The summed E-state index contributed by atoms with van der Waals surface area (Å²) >= 11 is 0. The van der Waals surface area contributed by atoms with E-state index in [0.717, 1.165) is 11.1 Å². The third-order valence-electron chi connectivity index (χ3n) is 11.9. The fourth-order valence-electron chi connectivity index (χ4n) is 9.81. The van der Waals surface area contributed by atoms with Gasteiger partial charge >= 0.3 is 5.97 Å².